The van der Waals surface area contributed by atoms with E-state index in [1.54, 1.807) is 7.11 Å². The monoisotopic (exact) mass is 315 g/mol. The Labute approximate surface area is 137 Å². The van der Waals surface area contributed by atoms with E-state index in [0.717, 1.165) is 12.3 Å². The van der Waals surface area contributed by atoms with E-state index in [4.69, 9.17) is 9.15 Å². The topological polar surface area (TPSA) is 60.2 Å². The largest absolute Gasteiger partial charge is 0.497 e. The van der Waals surface area contributed by atoms with Crippen LogP contribution >= 0.6 is 0 Å². The highest BCUT2D eigenvalue weighted by atomic mass is 16.5. The first-order valence-corrected chi connectivity index (χ1v) is 8.31. The quantitative estimate of drug-likeness (QED) is 0.883. The summed E-state index contributed by atoms with van der Waals surface area (Å²) < 4.78 is 10.9. The van der Waals surface area contributed by atoms with Crippen molar-refractivity contribution in [1.29, 1.82) is 0 Å². The molecule has 1 saturated carbocycles. The average Bonchev–Trinajstić information content (AvgIpc) is 3.22. The Kier molecular flexibility index (Phi) is 4.66. The molecule has 5 heteroatoms. The lowest BCUT2D eigenvalue weighted by Crippen LogP contribution is -2.37. The predicted molar refractivity (Wildman–Crippen MR) is 88.6 cm³/mol. The molecule has 1 aromatic heterocycles. The van der Waals surface area contributed by atoms with E-state index in [1.807, 2.05) is 13.0 Å². The molecule has 1 N–H and O–H groups in total. The van der Waals surface area contributed by atoms with E-state index in [1.165, 1.54) is 31.2 Å². The van der Waals surface area contributed by atoms with Crippen LogP contribution in [0.5, 0.6) is 5.75 Å². The van der Waals surface area contributed by atoms with Gasteiger partial charge in [0.25, 0.3) is 0 Å². The summed E-state index contributed by atoms with van der Waals surface area (Å²) in [5, 5.41) is 11.6. The predicted octanol–water partition coefficient (Wildman–Crippen LogP) is 3.55. The van der Waals surface area contributed by atoms with Gasteiger partial charge in [-0.3, -0.25) is 0 Å². The number of hydrogen-bond donors (Lipinski definition) is 1. The van der Waals surface area contributed by atoms with Crippen LogP contribution in [0.1, 0.15) is 56.0 Å². The van der Waals surface area contributed by atoms with Crippen molar-refractivity contribution >= 4 is 0 Å². The second-order valence-electron chi connectivity index (χ2n) is 6.48. The molecular weight excluding hydrogens is 290 g/mol. The highest BCUT2D eigenvalue weighted by Gasteiger charge is 2.36. The zero-order valence-corrected chi connectivity index (χ0v) is 14.1. The average molecular weight is 315 g/mol. The number of rotatable bonds is 6. The van der Waals surface area contributed by atoms with Crippen LogP contribution in [-0.4, -0.2) is 23.9 Å². The molecule has 1 aliphatic carbocycles. The second-order valence-corrected chi connectivity index (χ2v) is 6.48. The Morgan fingerprint density at radius 1 is 1.30 bits per heavy atom. The van der Waals surface area contributed by atoms with Crippen molar-refractivity contribution < 1.29 is 9.15 Å². The van der Waals surface area contributed by atoms with Gasteiger partial charge >= 0.3 is 0 Å². The number of ether oxygens (including phenoxy) is 1. The molecule has 124 valence electrons. The molecule has 0 aliphatic heterocycles. The van der Waals surface area contributed by atoms with Gasteiger partial charge in [-0.1, -0.05) is 25.0 Å². The lowest BCUT2D eigenvalue weighted by atomic mass is 9.78. The fourth-order valence-electron chi connectivity index (χ4n) is 3.49. The Bertz CT molecular complexity index is 647. The van der Waals surface area contributed by atoms with E-state index in [-0.39, 0.29) is 11.5 Å². The van der Waals surface area contributed by atoms with Gasteiger partial charge in [0.2, 0.25) is 11.8 Å². The summed E-state index contributed by atoms with van der Waals surface area (Å²) in [6, 6.07) is 8.54. The summed E-state index contributed by atoms with van der Waals surface area (Å²) in [5.74, 6) is 2.19. The van der Waals surface area contributed by atoms with Crippen molar-refractivity contribution in [3.63, 3.8) is 0 Å². The molecule has 1 atom stereocenters. The smallest absolute Gasteiger partial charge is 0.233 e. The first-order valence-electron chi connectivity index (χ1n) is 8.31. The maximum absolute atomic E-state index is 5.53. The molecule has 0 spiro atoms. The zero-order chi connectivity index (χ0) is 16.3. The fourth-order valence-corrected chi connectivity index (χ4v) is 3.49. The Hall–Kier alpha value is -1.88. The van der Waals surface area contributed by atoms with Crippen LogP contribution in [0.3, 0.4) is 0 Å². The normalized spacial score (nSPS) is 18.0. The molecule has 1 aromatic carbocycles. The zero-order valence-electron chi connectivity index (χ0n) is 14.1. The van der Waals surface area contributed by atoms with Crippen LogP contribution in [0, 0.1) is 6.92 Å². The molecule has 1 heterocycles. The van der Waals surface area contributed by atoms with Gasteiger partial charge in [0.1, 0.15) is 5.75 Å². The van der Waals surface area contributed by atoms with Crippen LogP contribution in [0.15, 0.2) is 28.7 Å². The summed E-state index contributed by atoms with van der Waals surface area (Å²) >= 11 is 0. The van der Waals surface area contributed by atoms with Gasteiger partial charge in [-0.2, -0.15) is 0 Å². The van der Waals surface area contributed by atoms with Crippen LogP contribution in [0.25, 0.3) is 0 Å². The second kappa shape index (κ2) is 6.71. The Morgan fingerprint density at radius 3 is 2.74 bits per heavy atom. The minimum Gasteiger partial charge on any atom is -0.497 e. The van der Waals surface area contributed by atoms with Crippen molar-refractivity contribution in [2.24, 2.45) is 0 Å². The third kappa shape index (κ3) is 3.39. The molecule has 0 bridgehead atoms. The van der Waals surface area contributed by atoms with Gasteiger partial charge in [0.15, 0.2) is 0 Å². The summed E-state index contributed by atoms with van der Waals surface area (Å²) in [6.07, 6.45) is 4.94. The number of aryl methyl sites for hydroxylation is 1. The lowest BCUT2D eigenvalue weighted by Gasteiger charge is -2.31. The van der Waals surface area contributed by atoms with E-state index in [9.17, 15) is 0 Å². The number of benzene rings is 1. The molecule has 5 nitrogen and oxygen atoms in total. The number of aromatic nitrogens is 2. The molecule has 0 amide bonds. The number of methoxy groups -OCH3 is 1. The van der Waals surface area contributed by atoms with E-state index >= 15 is 0 Å². The van der Waals surface area contributed by atoms with Crippen LogP contribution < -0.4 is 10.1 Å². The minimum atomic E-state index is 0.0549. The fraction of sp³-hybridized carbons (Fsp3) is 0.556. The molecule has 2 aromatic rings. The summed E-state index contributed by atoms with van der Waals surface area (Å²) in [7, 11) is 1.72. The van der Waals surface area contributed by atoms with Crippen LogP contribution in [-0.2, 0) is 5.41 Å². The Balaban J connectivity index is 1.75. The first kappa shape index (κ1) is 16.0. The van der Waals surface area contributed by atoms with E-state index < -0.39 is 0 Å². The minimum absolute atomic E-state index is 0.0549. The lowest BCUT2D eigenvalue weighted by molar-refractivity contribution is 0.344. The molecule has 0 radical (unpaired) electrons. The molecule has 1 aliphatic rings. The SMILES string of the molecule is COc1cccc(C2(CN[C@H](C)c3nnc(C)o3)CCCC2)c1. The van der Waals surface area contributed by atoms with E-state index in [2.05, 4.69) is 40.6 Å². The summed E-state index contributed by atoms with van der Waals surface area (Å²) in [5.41, 5.74) is 1.52. The van der Waals surface area contributed by atoms with Crippen molar-refractivity contribution in [3.8, 4) is 5.75 Å². The van der Waals surface area contributed by atoms with Gasteiger partial charge < -0.3 is 14.5 Å². The summed E-state index contributed by atoms with van der Waals surface area (Å²) in [4.78, 5) is 0. The van der Waals surface area contributed by atoms with Gasteiger partial charge in [0, 0.05) is 18.9 Å². The number of nitrogens with zero attached hydrogens (tertiary/aromatic N) is 2. The van der Waals surface area contributed by atoms with E-state index in [0.29, 0.717) is 11.8 Å². The number of nitrogens with one attached hydrogen (secondary N) is 1. The highest BCUT2D eigenvalue weighted by molar-refractivity contribution is 5.35. The van der Waals surface area contributed by atoms with Gasteiger partial charge in [0.05, 0.1) is 13.2 Å². The Morgan fingerprint density at radius 2 is 2.09 bits per heavy atom. The number of hydrogen-bond acceptors (Lipinski definition) is 5. The molecule has 0 saturated heterocycles. The highest BCUT2D eigenvalue weighted by Crippen LogP contribution is 2.41. The van der Waals surface area contributed by atoms with Crippen LogP contribution in [0.4, 0.5) is 0 Å². The van der Waals surface area contributed by atoms with Crippen molar-refractivity contribution in [3.05, 3.63) is 41.6 Å². The third-order valence-electron chi connectivity index (χ3n) is 4.90. The molecule has 0 unspecified atom stereocenters. The van der Waals surface area contributed by atoms with Crippen LogP contribution in [0.2, 0.25) is 0 Å². The maximum Gasteiger partial charge on any atom is 0.233 e. The maximum atomic E-state index is 5.53. The standard InChI is InChI=1S/C18H25N3O2/c1-13(17-21-20-14(2)23-17)19-12-18(9-4-5-10-18)15-7-6-8-16(11-15)22-3/h6-8,11,13,19H,4-5,9-10,12H2,1-3H3/t13-/m1/s1. The van der Waals surface area contributed by atoms with Crippen molar-refractivity contribution in [2.75, 3.05) is 13.7 Å². The molecular formula is C18H25N3O2. The third-order valence-corrected chi connectivity index (χ3v) is 4.90. The first-order chi connectivity index (χ1) is 11.1. The summed E-state index contributed by atoms with van der Waals surface area (Å²) in [6.45, 7) is 4.79. The van der Waals surface area contributed by atoms with Crippen molar-refractivity contribution in [1.82, 2.24) is 15.5 Å². The van der Waals surface area contributed by atoms with Gasteiger partial charge in [-0.25, -0.2) is 0 Å². The van der Waals surface area contributed by atoms with Gasteiger partial charge in [-0.15, -0.1) is 10.2 Å². The molecule has 23 heavy (non-hydrogen) atoms. The van der Waals surface area contributed by atoms with Gasteiger partial charge in [-0.05, 0) is 37.5 Å². The molecule has 3 rings (SSSR count). The molecule has 1 fully saturated rings. The van der Waals surface area contributed by atoms with Crippen molar-refractivity contribution in [2.45, 2.75) is 51.0 Å².